The zero-order chi connectivity index (χ0) is 18.7. The average Bonchev–Trinajstić information content (AvgIpc) is 2.96. The van der Waals surface area contributed by atoms with Crippen molar-refractivity contribution in [2.75, 3.05) is 5.32 Å². The second-order valence-corrected chi connectivity index (χ2v) is 6.93. The van der Waals surface area contributed by atoms with Gasteiger partial charge < -0.3 is 10.3 Å². The summed E-state index contributed by atoms with van der Waals surface area (Å²) in [7, 11) is 0. The first-order valence-electron chi connectivity index (χ1n) is 8.05. The molecule has 1 amide bonds. The van der Waals surface area contributed by atoms with Gasteiger partial charge in [0, 0.05) is 33.6 Å². The van der Waals surface area contributed by atoms with Crippen LogP contribution in [0.3, 0.4) is 0 Å². The summed E-state index contributed by atoms with van der Waals surface area (Å²) in [5.74, 6) is -0.271. The van der Waals surface area contributed by atoms with Crippen molar-refractivity contribution >= 4 is 38.4 Å². The van der Waals surface area contributed by atoms with Gasteiger partial charge in [-0.1, -0.05) is 28.1 Å². The van der Waals surface area contributed by atoms with Crippen molar-refractivity contribution in [2.24, 2.45) is 0 Å². The topological polar surface area (TPSA) is 44.9 Å². The van der Waals surface area contributed by atoms with Crippen LogP contribution in [0, 0.1) is 0 Å². The van der Waals surface area contributed by atoms with Gasteiger partial charge in [-0.3, -0.25) is 4.79 Å². The van der Waals surface area contributed by atoms with Crippen LogP contribution in [-0.2, 0) is 6.42 Å². The van der Waals surface area contributed by atoms with Gasteiger partial charge in [-0.05, 0) is 48.7 Å². The molecule has 0 radical (unpaired) electrons. The normalized spacial score (nSPS) is 11.7. The average molecular weight is 425 g/mol. The molecule has 26 heavy (non-hydrogen) atoms. The van der Waals surface area contributed by atoms with Crippen molar-refractivity contribution in [1.29, 1.82) is 0 Å². The van der Waals surface area contributed by atoms with Crippen LogP contribution in [0.5, 0.6) is 0 Å². The van der Waals surface area contributed by atoms with Gasteiger partial charge >= 0.3 is 6.18 Å². The number of fused-ring (bicyclic) bond motifs is 1. The largest absolute Gasteiger partial charge is 0.389 e. The van der Waals surface area contributed by atoms with Crippen LogP contribution in [0.1, 0.15) is 28.8 Å². The molecule has 3 aromatic rings. The molecule has 0 atom stereocenters. The minimum Gasteiger partial charge on any atom is -0.359 e. The molecule has 0 bridgehead atoms. The molecule has 2 N–H and O–H groups in total. The number of halogens is 4. The molecule has 7 heteroatoms. The Morgan fingerprint density at radius 1 is 1.12 bits per heavy atom. The van der Waals surface area contributed by atoms with Gasteiger partial charge in [-0.2, -0.15) is 13.2 Å². The molecule has 3 rings (SSSR count). The quantitative estimate of drug-likeness (QED) is 0.512. The predicted octanol–water partition coefficient (Wildman–Crippen LogP) is 6.07. The van der Waals surface area contributed by atoms with Gasteiger partial charge in [0.2, 0.25) is 0 Å². The van der Waals surface area contributed by atoms with Crippen LogP contribution < -0.4 is 5.32 Å². The van der Waals surface area contributed by atoms with Crippen molar-refractivity contribution < 1.29 is 18.0 Å². The zero-order valence-corrected chi connectivity index (χ0v) is 15.2. The van der Waals surface area contributed by atoms with E-state index < -0.39 is 12.6 Å². The van der Waals surface area contributed by atoms with Crippen LogP contribution in [0.25, 0.3) is 10.9 Å². The van der Waals surface area contributed by atoms with Crippen LogP contribution >= 0.6 is 15.9 Å². The van der Waals surface area contributed by atoms with Gasteiger partial charge in [-0.25, -0.2) is 0 Å². The summed E-state index contributed by atoms with van der Waals surface area (Å²) in [6, 6.07) is 12.4. The first kappa shape index (κ1) is 18.5. The van der Waals surface area contributed by atoms with E-state index in [1.54, 1.807) is 30.5 Å². The number of aromatic nitrogens is 1. The number of H-pyrrole nitrogens is 1. The van der Waals surface area contributed by atoms with E-state index in [2.05, 4.69) is 26.2 Å². The smallest absolute Gasteiger partial charge is 0.359 e. The summed E-state index contributed by atoms with van der Waals surface area (Å²) in [5, 5.41) is 3.74. The highest BCUT2D eigenvalue weighted by Gasteiger charge is 2.25. The highest BCUT2D eigenvalue weighted by atomic mass is 79.9. The summed E-state index contributed by atoms with van der Waals surface area (Å²) in [6.07, 6.45) is -2.84. The van der Waals surface area contributed by atoms with E-state index in [-0.39, 0.29) is 12.3 Å². The third-order valence-electron chi connectivity index (χ3n) is 4.03. The Morgan fingerprint density at radius 3 is 2.54 bits per heavy atom. The van der Waals surface area contributed by atoms with Crippen molar-refractivity contribution in [3.05, 3.63) is 64.3 Å². The van der Waals surface area contributed by atoms with Gasteiger partial charge in [0.25, 0.3) is 5.91 Å². The Hall–Kier alpha value is -2.28. The maximum atomic E-state index is 12.4. The van der Waals surface area contributed by atoms with Crippen LogP contribution in [-0.4, -0.2) is 17.1 Å². The standard InChI is InChI=1S/C19H16BrF3N2O/c20-14-7-8-16-15(10-14)17(11-24-16)25-18(26)13-5-3-12(4-6-13)2-1-9-19(21,22)23/h3-8,10-11,24H,1-2,9H2,(H,25,26). The Balaban J connectivity index is 1.65. The third kappa shape index (κ3) is 4.66. The number of carbonyl (C=O) groups excluding carboxylic acids is 1. The number of benzene rings is 2. The molecule has 0 aliphatic heterocycles. The van der Waals surface area contributed by atoms with E-state index in [0.717, 1.165) is 20.9 Å². The van der Waals surface area contributed by atoms with E-state index in [0.29, 0.717) is 17.7 Å². The molecular weight excluding hydrogens is 409 g/mol. The van der Waals surface area contributed by atoms with Crippen LogP contribution in [0.4, 0.5) is 18.9 Å². The van der Waals surface area contributed by atoms with Crippen LogP contribution in [0.15, 0.2) is 53.1 Å². The lowest BCUT2D eigenvalue weighted by Crippen LogP contribution is -2.11. The Labute approximate surface area is 156 Å². The summed E-state index contributed by atoms with van der Waals surface area (Å²) < 4.78 is 37.5. The number of aryl methyl sites for hydroxylation is 1. The van der Waals surface area contributed by atoms with Gasteiger partial charge in [-0.15, -0.1) is 0 Å². The molecule has 3 nitrogen and oxygen atoms in total. The number of nitrogens with one attached hydrogen (secondary N) is 2. The van der Waals surface area contributed by atoms with Crippen LogP contribution in [0.2, 0.25) is 0 Å². The molecular formula is C19H16BrF3N2O. The number of alkyl halides is 3. The molecule has 1 aromatic heterocycles. The lowest BCUT2D eigenvalue weighted by molar-refractivity contribution is -0.135. The molecule has 0 spiro atoms. The molecule has 0 aliphatic rings. The fourth-order valence-corrected chi connectivity index (χ4v) is 3.07. The lowest BCUT2D eigenvalue weighted by Gasteiger charge is -2.07. The third-order valence-corrected chi connectivity index (χ3v) is 4.53. The minimum atomic E-state index is -4.13. The number of hydrogen-bond acceptors (Lipinski definition) is 1. The fourth-order valence-electron chi connectivity index (χ4n) is 2.71. The SMILES string of the molecule is O=C(Nc1c[nH]c2ccc(Br)cc12)c1ccc(CCCC(F)(F)F)cc1. The van der Waals surface area contributed by atoms with Gasteiger partial charge in [0.1, 0.15) is 0 Å². The molecule has 0 fully saturated rings. The van der Waals surface area contributed by atoms with E-state index in [9.17, 15) is 18.0 Å². The molecule has 0 aliphatic carbocycles. The second-order valence-electron chi connectivity index (χ2n) is 6.01. The minimum absolute atomic E-state index is 0.0409. The predicted molar refractivity (Wildman–Crippen MR) is 99.4 cm³/mol. The molecule has 1 heterocycles. The van der Waals surface area contributed by atoms with Crippen molar-refractivity contribution in [2.45, 2.75) is 25.4 Å². The van der Waals surface area contributed by atoms with Gasteiger partial charge in [0.05, 0.1) is 5.69 Å². The van der Waals surface area contributed by atoms with Crippen molar-refractivity contribution in [3.63, 3.8) is 0 Å². The zero-order valence-electron chi connectivity index (χ0n) is 13.7. The van der Waals surface area contributed by atoms with Crippen molar-refractivity contribution in [1.82, 2.24) is 4.98 Å². The van der Waals surface area contributed by atoms with E-state index in [4.69, 9.17) is 0 Å². The second kappa shape index (κ2) is 7.53. The first-order chi connectivity index (χ1) is 12.3. The highest BCUT2D eigenvalue weighted by Crippen LogP contribution is 2.27. The fraction of sp³-hybridized carbons (Fsp3) is 0.211. The summed E-state index contributed by atoms with van der Waals surface area (Å²) in [6.45, 7) is 0. The van der Waals surface area contributed by atoms with E-state index >= 15 is 0 Å². The first-order valence-corrected chi connectivity index (χ1v) is 8.85. The Bertz CT molecular complexity index is 917. The maximum Gasteiger partial charge on any atom is 0.389 e. The number of aromatic amines is 1. The summed E-state index contributed by atoms with van der Waals surface area (Å²) in [5.41, 5.74) is 2.81. The monoisotopic (exact) mass is 424 g/mol. The molecule has 136 valence electrons. The molecule has 2 aromatic carbocycles. The number of rotatable bonds is 5. The van der Waals surface area contributed by atoms with E-state index in [1.165, 1.54) is 0 Å². The highest BCUT2D eigenvalue weighted by molar-refractivity contribution is 9.10. The number of hydrogen-bond donors (Lipinski definition) is 2. The van der Waals surface area contributed by atoms with E-state index in [1.807, 2.05) is 18.2 Å². The number of amides is 1. The Kier molecular flexibility index (Phi) is 5.36. The maximum absolute atomic E-state index is 12.4. The number of anilines is 1. The molecule has 0 saturated heterocycles. The van der Waals surface area contributed by atoms with Crippen molar-refractivity contribution in [3.8, 4) is 0 Å². The lowest BCUT2D eigenvalue weighted by atomic mass is 10.1. The summed E-state index contributed by atoms with van der Waals surface area (Å²) in [4.78, 5) is 15.5. The number of carbonyl (C=O) groups is 1. The Morgan fingerprint density at radius 2 is 1.85 bits per heavy atom. The van der Waals surface area contributed by atoms with Gasteiger partial charge in [0.15, 0.2) is 0 Å². The summed E-state index contributed by atoms with van der Waals surface area (Å²) >= 11 is 3.41. The molecule has 0 unspecified atom stereocenters. The molecule has 0 saturated carbocycles.